The van der Waals surface area contributed by atoms with Crippen molar-refractivity contribution in [3.05, 3.63) is 48.0 Å². The molecule has 1 rings (SSSR count). The van der Waals surface area contributed by atoms with Crippen molar-refractivity contribution in [1.29, 1.82) is 0 Å². The quantitative estimate of drug-likeness (QED) is 0.642. The van der Waals surface area contributed by atoms with Crippen LogP contribution < -0.4 is 0 Å². The number of aliphatic carboxylic acids is 1. The Kier molecular flexibility index (Phi) is 4.74. The van der Waals surface area contributed by atoms with Crippen LogP contribution in [0.3, 0.4) is 0 Å². The van der Waals surface area contributed by atoms with Crippen LogP contribution in [-0.4, -0.2) is 19.1 Å². The van der Waals surface area contributed by atoms with E-state index in [1.54, 1.807) is 0 Å². The van der Waals surface area contributed by atoms with Gasteiger partial charge in [-0.2, -0.15) is 0 Å². The second-order valence-corrected chi connectivity index (χ2v) is 11.6. The van der Waals surface area contributed by atoms with E-state index in [0.29, 0.717) is 0 Å². The highest BCUT2D eigenvalue weighted by Crippen LogP contribution is 2.43. The van der Waals surface area contributed by atoms with E-state index in [1.165, 1.54) is 0 Å². The maximum absolute atomic E-state index is 11.8. The van der Waals surface area contributed by atoms with E-state index in [1.807, 2.05) is 56.3 Å². The van der Waals surface area contributed by atoms with Crippen LogP contribution in [0.5, 0.6) is 0 Å². The van der Waals surface area contributed by atoms with Crippen LogP contribution in [0.2, 0.25) is 25.2 Å². The topological polar surface area (TPSA) is 37.3 Å². The smallest absolute Gasteiger partial charge is 0.304 e. The average molecular weight is 276 g/mol. The summed E-state index contributed by atoms with van der Waals surface area (Å²) < 4.78 is 0. The van der Waals surface area contributed by atoms with Gasteiger partial charge in [0.25, 0.3) is 0 Å². The van der Waals surface area contributed by atoms with E-state index >= 15 is 0 Å². The molecule has 0 aliphatic carbocycles. The molecular formula is C16H24O2Si. The number of carbonyl (C=O) groups is 1. The van der Waals surface area contributed by atoms with Crippen molar-refractivity contribution < 1.29 is 9.90 Å². The molecule has 0 heterocycles. The van der Waals surface area contributed by atoms with E-state index in [9.17, 15) is 9.90 Å². The fraction of sp³-hybridized carbons (Fsp3) is 0.438. The Balaban J connectivity index is 3.45. The Hall–Kier alpha value is -1.35. The molecule has 1 aromatic carbocycles. The molecule has 0 aromatic heterocycles. The zero-order valence-electron chi connectivity index (χ0n) is 12.5. The molecule has 0 fully saturated rings. The molecule has 0 spiro atoms. The minimum Gasteiger partial charge on any atom is -0.481 e. The first-order chi connectivity index (χ1) is 8.73. The van der Waals surface area contributed by atoms with Crippen molar-refractivity contribution in [1.82, 2.24) is 0 Å². The molecule has 2 nitrogen and oxygen atoms in total. The van der Waals surface area contributed by atoms with Crippen LogP contribution in [0.15, 0.2) is 42.5 Å². The first-order valence-electron chi connectivity index (χ1n) is 6.65. The predicted octanol–water partition coefficient (Wildman–Crippen LogP) is 4.31. The van der Waals surface area contributed by atoms with Gasteiger partial charge >= 0.3 is 5.97 Å². The Bertz CT molecular complexity index is 459. The first kappa shape index (κ1) is 15.7. The number of allylic oxidation sites excluding steroid dienone is 2. The van der Waals surface area contributed by atoms with Crippen LogP contribution >= 0.6 is 0 Å². The van der Waals surface area contributed by atoms with E-state index < -0.39 is 19.5 Å². The monoisotopic (exact) mass is 276 g/mol. The van der Waals surface area contributed by atoms with Gasteiger partial charge in [-0.1, -0.05) is 69.0 Å². The standard InChI is InChI=1S/C16H24O2Si/c1-6-12-16(2,13-10-8-7-9-11-13)14(15(17)18)19(3,4)5/h6-12,14H,1-5H3,(H,17,18)/b12-6+/t14?,16-/m0/s1. The average Bonchev–Trinajstić information content (AvgIpc) is 2.27. The van der Waals surface area contributed by atoms with Crippen molar-refractivity contribution in [2.75, 3.05) is 0 Å². The summed E-state index contributed by atoms with van der Waals surface area (Å²) in [5, 5.41) is 9.73. The third-order valence-corrected chi connectivity index (χ3v) is 6.20. The van der Waals surface area contributed by atoms with Crippen LogP contribution in [0, 0.1) is 0 Å². The Morgan fingerprint density at radius 1 is 1.26 bits per heavy atom. The van der Waals surface area contributed by atoms with Gasteiger partial charge in [0.05, 0.1) is 13.6 Å². The molecule has 0 bridgehead atoms. The summed E-state index contributed by atoms with van der Waals surface area (Å²) in [5.74, 6) is -0.691. The number of hydrogen-bond acceptors (Lipinski definition) is 1. The zero-order valence-corrected chi connectivity index (χ0v) is 13.5. The van der Waals surface area contributed by atoms with Crippen molar-refractivity contribution in [2.45, 2.75) is 44.4 Å². The van der Waals surface area contributed by atoms with Crippen LogP contribution in [-0.2, 0) is 10.2 Å². The predicted molar refractivity (Wildman–Crippen MR) is 83.3 cm³/mol. The minimum absolute atomic E-state index is 0.349. The van der Waals surface area contributed by atoms with Crippen molar-refractivity contribution >= 4 is 14.0 Å². The molecule has 0 radical (unpaired) electrons. The fourth-order valence-electron chi connectivity index (χ4n) is 3.03. The maximum atomic E-state index is 11.8. The highest BCUT2D eigenvalue weighted by atomic mass is 28.3. The molecular weight excluding hydrogens is 252 g/mol. The summed E-state index contributed by atoms with van der Waals surface area (Å²) in [6.07, 6.45) is 4.00. The lowest BCUT2D eigenvalue weighted by Gasteiger charge is -2.40. The van der Waals surface area contributed by atoms with Gasteiger partial charge in [0, 0.05) is 5.41 Å². The normalized spacial score (nSPS) is 17.1. The summed E-state index contributed by atoms with van der Waals surface area (Å²) in [6, 6.07) is 9.95. The summed E-state index contributed by atoms with van der Waals surface area (Å²) in [7, 11) is -1.86. The molecule has 0 saturated carbocycles. The zero-order chi connectivity index (χ0) is 14.7. The van der Waals surface area contributed by atoms with E-state index in [2.05, 4.69) is 19.6 Å². The summed E-state index contributed by atoms with van der Waals surface area (Å²) in [4.78, 5) is 11.8. The second-order valence-electron chi connectivity index (χ2n) is 6.29. The molecule has 1 N–H and O–H groups in total. The van der Waals surface area contributed by atoms with Gasteiger partial charge in [-0.05, 0) is 12.5 Å². The molecule has 1 aromatic rings. The van der Waals surface area contributed by atoms with Crippen molar-refractivity contribution in [3.8, 4) is 0 Å². The van der Waals surface area contributed by atoms with Crippen molar-refractivity contribution in [2.24, 2.45) is 0 Å². The summed E-state index contributed by atoms with van der Waals surface area (Å²) in [5.41, 5.74) is 0.272. The fourth-order valence-corrected chi connectivity index (χ4v) is 5.83. The van der Waals surface area contributed by atoms with E-state index in [0.717, 1.165) is 5.56 Å². The van der Waals surface area contributed by atoms with Gasteiger partial charge in [0.1, 0.15) is 0 Å². The second kappa shape index (κ2) is 5.74. The largest absolute Gasteiger partial charge is 0.481 e. The van der Waals surface area contributed by atoms with E-state index in [-0.39, 0.29) is 5.54 Å². The van der Waals surface area contributed by atoms with Gasteiger partial charge in [-0.3, -0.25) is 4.79 Å². The molecule has 0 amide bonds. The lowest BCUT2D eigenvalue weighted by molar-refractivity contribution is -0.138. The van der Waals surface area contributed by atoms with Gasteiger partial charge in [0.15, 0.2) is 0 Å². The highest BCUT2D eigenvalue weighted by Gasteiger charge is 2.46. The van der Waals surface area contributed by atoms with Crippen LogP contribution in [0.25, 0.3) is 0 Å². The Morgan fingerprint density at radius 3 is 2.16 bits per heavy atom. The third-order valence-electron chi connectivity index (χ3n) is 3.62. The minimum atomic E-state index is -1.86. The highest BCUT2D eigenvalue weighted by molar-refractivity contribution is 6.80. The Labute approximate surface area is 117 Å². The molecule has 1 unspecified atom stereocenters. The number of hydrogen-bond donors (Lipinski definition) is 1. The Morgan fingerprint density at radius 2 is 1.79 bits per heavy atom. The van der Waals surface area contributed by atoms with E-state index in [4.69, 9.17) is 0 Å². The number of benzene rings is 1. The third kappa shape index (κ3) is 3.35. The SMILES string of the molecule is C/C=C/[C@@](C)(c1ccccc1)C(C(=O)O)[Si](C)(C)C. The van der Waals surface area contributed by atoms with Gasteiger partial charge in [-0.25, -0.2) is 0 Å². The lowest BCUT2D eigenvalue weighted by Crippen LogP contribution is -2.45. The number of carboxylic acid groups (broad SMARTS) is 1. The molecule has 2 atom stereocenters. The molecule has 0 aliphatic rings. The van der Waals surface area contributed by atoms with Gasteiger partial charge < -0.3 is 5.11 Å². The number of rotatable bonds is 5. The van der Waals surface area contributed by atoms with Gasteiger partial charge in [-0.15, -0.1) is 0 Å². The first-order valence-corrected chi connectivity index (χ1v) is 10.2. The molecule has 19 heavy (non-hydrogen) atoms. The summed E-state index contributed by atoms with van der Waals surface area (Å²) >= 11 is 0. The maximum Gasteiger partial charge on any atom is 0.304 e. The lowest BCUT2D eigenvalue weighted by atomic mass is 9.78. The van der Waals surface area contributed by atoms with Crippen molar-refractivity contribution in [3.63, 3.8) is 0 Å². The molecule has 0 aliphatic heterocycles. The molecule has 0 saturated heterocycles. The van der Waals surface area contributed by atoms with Crippen LogP contribution in [0.1, 0.15) is 19.4 Å². The molecule has 104 valence electrons. The van der Waals surface area contributed by atoms with Crippen LogP contribution in [0.4, 0.5) is 0 Å². The summed E-state index contributed by atoms with van der Waals surface area (Å²) in [6.45, 7) is 10.4. The number of carboxylic acids is 1. The molecule has 3 heteroatoms. The van der Waals surface area contributed by atoms with Gasteiger partial charge in [0.2, 0.25) is 0 Å².